The molecule has 5 rings (SSSR count). The summed E-state index contributed by atoms with van der Waals surface area (Å²) in [5, 5.41) is 9.26. The number of hydrogen-bond acceptors (Lipinski definition) is 9. The Balaban J connectivity index is 1.74. The van der Waals surface area contributed by atoms with Crippen LogP contribution in [-0.2, 0) is 28.5 Å². The highest BCUT2D eigenvalue weighted by atomic mass is 31.2. The number of aryl methyl sites for hydroxylation is 1. The lowest BCUT2D eigenvalue weighted by Crippen LogP contribution is -2.49. The summed E-state index contributed by atoms with van der Waals surface area (Å²) in [6, 6.07) is 30.0. The second-order valence-corrected chi connectivity index (χ2v) is 23.7. The average Bonchev–Trinajstić information content (AvgIpc) is 3.54. The SMILES string of the molecule is COc1ccc(C(OC[C@H]2O[C@@H](c3cc(C)c(F)cc3F)C(O[Si](C)(C)C(C)(C)C)[C@H]2OP(OCCC#N)N(C(C)C)C(C)C)(c2ccccc2)c2ccc(OC)cc2)cc1. The topological polar surface area (TPSA) is 91.6 Å². The fourth-order valence-corrected chi connectivity index (χ4v) is 10.5. The monoisotopic (exact) mass is 876 g/mol. The van der Waals surface area contributed by atoms with Gasteiger partial charge in [0.05, 0.1) is 39.9 Å². The molecular weight excluding hydrogens is 814 g/mol. The van der Waals surface area contributed by atoms with Crippen LogP contribution in [0.1, 0.15) is 88.8 Å². The Hall–Kier alpha value is -3.76. The van der Waals surface area contributed by atoms with Crippen molar-refractivity contribution in [3.8, 4) is 17.6 Å². The lowest BCUT2D eigenvalue weighted by molar-refractivity contribution is -0.0810. The van der Waals surface area contributed by atoms with Gasteiger partial charge in [-0.2, -0.15) is 5.26 Å². The first-order valence-electron chi connectivity index (χ1n) is 20.9. The van der Waals surface area contributed by atoms with Crippen molar-refractivity contribution >= 4 is 16.8 Å². The predicted molar refractivity (Wildman–Crippen MR) is 239 cm³/mol. The van der Waals surface area contributed by atoms with Crippen LogP contribution in [0.4, 0.5) is 8.78 Å². The van der Waals surface area contributed by atoms with Crippen LogP contribution in [-0.4, -0.2) is 70.8 Å². The number of methoxy groups -OCH3 is 2. The van der Waals surface area contributed by atoms with E-state index in [0.29, 0.717) is 11.5 Å². The maximum atomic E-state index is 16.2. The summed E-state index contributed by atoms with van der Waals surface area (Å²) >= 11 is 0. The van der Waals surface area contributed by atoms with Crippen LogP contribution in [0.5, 0.6) is 11.5 Å². The fraction of sp³-hybridized carbons (Fsp3) is 0.479. The minimum absolute atomic E-state index is 0.00570. The molecule has 0 aromatic heterocycles. The summed E-state index contributed by atoms with van der Waals surface area (Å²) < 4.78 is 79.9. The van der Waals surface area contributed by atoms with E-state index < -0.39 is 58.5 Å². The highest BCUT2D eigenvalue weighted by molar-refractivity contribution is 7.44. The Bertz CT molecular complexity index is 2000. The largest absolute Gasteiger partial charge is 0.497 e. The van der Waals surface area contributed by atoms with Crippen molar-refractivity contribution in [2.45, 2.75) is 122 Å². The van der Waals surface area contributed by atoms with E-state index in [1.807, 2.05) is 78.9 Å². The second kappa shape index (κ2) is 20.6. The number of halogens is 2. The maximum absolute atomic E-state index is 16.2. The smallest absolute Gasteiger partial charge is 0.259 e. The van der Waals surface area contributed by atoms with Gasteiger partial charge in [0, 0.05) is 23.7 Å². The van der Waals surface area contributed by atoms with Gasteiger partial charge in [-0.1, -0.05) is 75.4 Å². The van der Waals surface area contributed by atoms with Crippen LogP contribution in [0.3, 0.4) is 0 Å². The average molecular weight is 877 g/mol. The van der Waals surface area contributed by atoms with Gasteiger partial charge < -0.3 is 32.4 Å². The molecule has 0 aliphatic carbocycles. The van der Waals surface area contributed by atoms with Crippen molar-refractivity contribution < 1.29 is 41.2 Å². The Morgan fingerprint density at radius 1 is 0.803 bits per heavy atom. The molecule has 0 spiro atoms. The molecule has 0 saturated carbocycles. The number of nitriles is 1. The minimum Gasteiger partial charge on any atom is -0.497 e. The molecule has 2 unspecified atom stereocenters. The number of benzene rings is 4. The zero-order valence-electron chi connectivity index (χ0n) is 37.7. The zero-order chi connectivity index (χ0) is 44.7. The van der Waals surface area contributed by atoms with Crippen molar-refractivity contribution in [1.29, 1.82) is 5.26 Å². The molecule has 4 aromatic carbocycles. The third kappa shape index (κ3) is 10.9. The molecule has 61 heavy (non-hydrogen) atoms. The Morgan fingerprint density at radius 3 is 1.84 bits per heavy atom. The van der Waals surface area contributed by atoms with Gasteiger partial charge in [0.2, 0.25) is 0 Å². The van der Waals surface area contributed by atoms with Crippen molar-refractivity contribution in [3.05, 3.63) is 130 Å². The summed E-state index contributed by atoms with van der Waals surface area (Å²) in [6.07, 6.45) is -3.46. The van der Waals surface area contributed by atoms with E-state index in [1.165, 1.54) is 6.07 Å². The van der Waals surface area contributed by atoms with Crippen LogP contribution < -0.4 is 9.47 Å². The number of rotatable bonds is 19. The van der Waals surface area contributed by atoms with Crippen molar-refractivity contribution in [2.24, 2.45) is 0 Å². The van der Waals surface area contributed by atoms with Gasteiger partial charge in [-0.3, -0.25) is 0 Å². The van der Waals surface area contributed by atoms with Crippen molar-refractivity contribution in [3.63, 3.8) is 0 Å². The highest BCUT2D eigenvalue weighted by Gasteiger charge is 2.54. The quantitative estimate of drug-likeness (QED) is 0.0395. The van der Waals surface area contributed by atoms with Crippen molar-refractivity contribution in [1.82, 2.24) is 4.67 Å². The Kier molecular flexibility index (Phi) is 16.3. The molecule has 0 N–H and O–H groups in total. The molecular formula is C48H63F2N2O7PSi. The van der Waals surface area contributed by atoms with E-state index in [4.69, 9.17) is 32.4 Å². The van der Waals surface area contributed by atoms with E-state index in [2.05, 4.69) is 72.3 Å². The van der Waals surface area contributed by atoms with E-state index in [1.54, 1.807) is 21.1 Å². The third-order valence-corrected chi connectivity index (χ3v) is 18.2. The first-order valence-corrected chi connectivity index (χ1v) is 24.9. The molecule has 5 atom stereocenters. The fourth-order valence-electron chi connectivity index (χ4n) is 7.46. The van der Waals surface area contributed by atoms with Crippen LogP contribution in [0.2, 0.25) is 18.1 Å². The molecule has 1 fully saturated rings. The third-order valence-electron chi connectivity index (χ3n) is 11.6. The molecule has 330 valence electrons. The lowest BCUT2D eigenvalue weighted by Gasteiger charge is -2.42. The molecule has 1 saturated heterocycles. The summed E-state index contributed by atoms with van der Waals surface area (Å²) in [7, 11) is -1.25. The van der Waals surface area contributed by atoms with E-state index >= 15 is 4.39 Å². The Labute approximate surface area is 364 Å². The lowest BCUT2D eigenvalue weighted by atomic mass is 9.80. The van der Waals surface area contributed by atoms with Crippen LogP contribution in [0.15, 0.2) is 91.0 Å². The van der Waals surface area contributed by atoms with Crippen LogP contribution in [0, 0.1) is 29.9 Å². The summed E-state index contributed by atoms with van der Waals surface area (Å²) in [6.45, 7) is 20.6. The van der Waals surface area contributed by atoms with Gasteiger partial charge in [0.1, 0.15) is 53.2 Å². The van der Waals surface area contributed by atoms with Gasteiger partial charge in [-0.15, -0.1) is 0 Å². The predicted octanol–water partition coefficient (Wildman–Crippen LogP) is 11.8. The Morgan fingerprint density at radius 2 is 1.34 bits per heavy atom. The molecule has 9 nitrogen and oxygen atoms in total. The zero-order valence-corrected chi connectivity index (χ0v) is 39.6. The van der Waals surface area contributed by atoms with E-state index in [0.717, 1.165) is 22.8 Å². The maximum Gasteiger partial charge on any atom is 0.259 e. The van der Waals surface area contributed by atoms with Gasteiger partial charge in [-0.05, 0) is 105 Å². The summed E-state index contributed by atoms with van der Waals surface area (Å²) in [5.41, 5.74) is 1.71. The van der Waals surface area contributed by atoms with Crippen LogP contribution >= 0.6 is 8.53 Å². The first-order chi connectivity index (χ1) is 28.9. The molecule has 13 heteroatoms. The number of ether oxygens (including phenoxy) is 4. The van der Waals surface area contributed by atoms with Gasteiger partial charge in [0.25, 0.3) is 8.53 Å². The molecule has 1 aliphatic heterocycles. The normalized spacial score (nSPS) is 19.1. The van der Waals surface area contributed by atoms with Crippen LogP contribution in [0.25, 0.3) is 0 Å². The van der Waals surface area contributed by atoms with Gasteiger partial charge in [-0.25, -0.2) is 13.5 Å². The second-order valence-electron chi connectivity index (χ2n) is 17.5. The van der Waals surface area contributed by atoms with Crippen molar-refractivity contribution in [2.75, 3.05) is 27.4 Å². The first kappa shape index (κ1) is 48.3. The molecule has 0 radical (unpaired) electrons. The van der Waals surface area contributed by atoms with Gasteiger partial charge in [0.15, 0.2) is 8.32 Å². The number of nitrogens with zero attached hydrogens (tertiary/aromatic N) is 2. The number of hydrogen-bond donors (Lipinski definition) is 0. The molecule has 0 amide bonds. The molecule has 4 aromatic rings. The van der Waals surface area contributed by atoms with Gasteiger partial charge >= 0.3 is 0 Å². The molecule has 1 heterocycles. The summed E-state index contributed by atoms with van der Waals surface area (Å²) in [5.74, 6) is -0.0318. The molecule has 0 bridgehead atoms. The van der Waals surface area contributed by atoms with E-state index in [9.17, 15) is 9.65 Å². The standard InChI is InChI=1S/C48H63F2N2O7PSi/c1-32(2)52(33(3)4)60(56-28-16-27-51)58-45-43(57-44(40-29-34(5)41(49)30-42(40)50)46(45)59-61(11,12)47(6,7)8)31-55-48(35-17-14-13-15-18-35,36-19-23-38(53-9)24-20-36)37-21-25-39(54-10)26-22-37/h13-15,17-26,29-30,32-33,43-46H,16,28,31H2,1-12H3/t43-,44+,45+,46?,60?/m1/s1. The highest BCUT2D eigenvalue weighted by Crippen LogP contribution is 2.53. The minimum atomic E-state index is -2.66. The van der Waals surface area contributed by atoms with E-state index in [-0.39, 0.29) is 47.9 Å². The molecule has 1 aliphatic rings. The summed E-state index contributed by atoms with van der Waals surface area (Å²) in [4.78, 5) is 0.